The van der Waals surface area contributed by atoms with Gasteiger partial charge in [0.1, 0.15) is 17.6 Å². The molecule has 27 heavy (non-hydrogen) atoms. The van der Waals surface area contributed by atoms with E-state index >= 15 is 0 Å². The van der Waals surface area contributed by atoms with Crippen LogP contribution in [0.3, 0.4) is 0 Å². The van der Waals surface area contributed by atoms with Gasteiger partial charge in [-0.3, -0.25) is 4.79 Å². The number of carbonyl (C=O) groups excluding carboxylic acids is 1. The van der Waals surface area contributed by atoms with Crippen molar-refractivity contribution in [3.8, 4) is 0 Å². The number of ether oxygens (including phenoxy) is 1. The fraction of sp³-hybridized carbons (Fsp3) is 0.957. The van der Waals surface area contributed by atoms with E-state index in [-0.39, 0.29) is 6.61 Å². The van der Waals surface area contributed by atoms with E-state index in [2.05, 4.69) is 6.92 Å². The van der Waals surface area contributed by atoms with E-state index in [4.69, 9.17) is 4.74 Å². The molecular weight excluding hydrogens is 340 g/mol. The van der Waals surface area contributed by atoms with Crippen LogP contribution in [-0.2, 0) is 9.53 Å². The van der Waals surface area contributed by atoms with E-state index in [0.29, 0.717) is 6.42 Å². The van der Waals surface area contributed by atoms with Crippen molar-refractivity contribution >= 4 is 5.97 Å². The molecule has 0 aliphatic carbocycles. The zero-order chi connectivity index (χ0) is 20.0. The second-order valence-corrected chi connectivity index (χ2v) is 8.67. The van der Waals surface area contributed by atoms with Gasteiger partial charge in [0, 0.05) is 0 Å². The number of cyclic esters (lactones) is 1. The number of aliphatic hydroxyl groups excluding tert-OH is 2. The Morgan fingerprint density at radius 2 is 1.22 bits per heavy atom. The summed E-state index contributed by atoms with van der Waals surface area (Å²) >= 11 is 0. The molecule has 1 fully saturated rings. The Morgan fingerprint density at radius 1 is 0.815 bits per heavy atom. The van der Waals surface area contributed by atoms with E-state index in [1.807, 2.05) is 0 Å². The summed E-state index contributed by atoms with van der Waals surface area (Å²) in [6.45, 7) is 3.72. The van der Waals surface area contributed by atoms with E-state index in [9.17, 15) is 15.0 Å². The van der Waals surface area contributed by atoms with Crippen molar-refractivity contribution in [2.75, 3.05) is 6.61 Å². The van der Waals surface area contributed by atoms with Gasteiger partial charge in [0.15, 0.2) is 0 Å². The lowest BCUT2D eigenvalue weighted by atomic mass is 9.87. The van der Waals surface area contributed by atoms with Crippen molar-refractivity contribution in [3.63, 3.8) is 0 Å². The molecule has 1 saturated heterocycles. The highest BCUT2D eigenvalue weighted by atomic mass is 16.6. The van der Waals surface area contributed by atoms with Gasteiger partial charge in [0.05, 0.1) is 6.61 Å². The first-order valence-electron chi connectivity index (χ1n) is 11.6. The second kappa shape index (κ2) is 14.4. The third-order valence-corrected chi connectivity index (χ3v) is 6.12. The van der Waals surface area contributed by atoms with Crippen LogP contribution in [0.2, 0.25) is 0 Å². The maximum atomic E-state index is 11.6. The normalized spacial score (nSPS) is 25.1. The summed E-state index contributed by atoms with van der Waals surface area (Å²) in [5, 5.41) is 19.4. The van der Waals surface area contributed by atoms with Crippen LogP contribution < -0.4 is 0 Å². The predicted octanol–water partition coefficient (Wildman–Crippen LogP) is 5.53. The van der Waals surface area contributed by atoms with E-state index < -0.39 is 23.6 Å². The Bertz CT molecular complexity index is 385. The number of carbonyl (C=O) groups is 1. The molecule has 2 N–H and O–H groups in total. The molecule has 1 heterocycles. The molecule has 1 aliphatic rings. The Morgan fingerprint density at radius 3 is 1.59 bits per heavy atom. The van der Waals surface area contributed by atoms with Gasteiger partial charge in [-0.25, -0.2) is 0 Å². The third-order valence-electron chi connectivity index (χ3n) is 6.12. The standard InChI is InChI=1S/C23H44O4/c1-3-4-5-6-7-8-9-10-11-12-13-14-15-16-17-18-23(2)21(25)20(19-24)22(26)27-23/h20-21,24-25H,3-19H2,1-2H3/t20-,21-,23+/m0/s1. The van der Waals surface area contributed by atoms with Crippen LogP contribution in [-0.4, -0.2) is 34.5 Å². The van der Waals surface area contributed by atoms with Gasteiger partial charge >= 0.3 is 5.97 Å². The lowest BCUT2D eigenvalue weighted by Crippen LogP contribution is -2.39. The zero-order valence-corrected chi connectivity index (χ0v) is 17.9. The van der Waals surface area contributed by atoms with Gasteiger partial charge in [-0.1, -0.05) is 96.8 Å². The maximum Gasteiger partial charge on any atom is 0.314 e. The topological polar surface area (TPSA) is 66.8 Å². The average molecular weight is 385 g/mol. The van der Waals surface area contributed by atoms with Crippen LogP contribution >= 0.6 is 0 Å². The molecule has 1 rings (SSSR count). The summed E-state index contributed by atoms with van der Waals surface area (Å²) in [5.74, 6) is -1.24. The largest absolute Gasteiger partial charge is 0.456 e. The predicted molar refractivity (Wildman–Crippen MR) is 111 cm³/mol. The molecule has 0 aromatic carbocycles. The zero-order valence-electron chi connectivity index (χ0n) is 17.9. The number of esters is 1. The van der Waals surface area contributed by atoms with Gasteiger partial charge in [-0.15, -0.1) is 0 Å². The average Bonchev–Trinajstić information content (AvgIpc) is 2.86. The van der Waals surface area contributed by atoms with Crippen molar-refractivity contribution in [3.05, 3.63) is 0 Å². The first-order chi connectivity index (χ1) is 13.0. The third kappa shape index (κ3) is 9.43. The molecule has 4 heteroatoms. The van der Waals surface area contributed by atoms with Crippen molar-refractivity contribution in [1.82, 2.24) is 0 Å². The summed E-state index contributed by atoms with van der Waals surface area (Å²) < 4.78 is 5.33. The minimum absolute atomic E-state index is 0.339. The molecule has 1 aliphatic heterocycles. The first-order valence-corrected chi connectivity index (χ1v) is 11.6. The fourth-order valence-corrected chi connectivity index (χ4v) is 4.14. The van der Waals surface area contributed by atoms with Crippen LogP contribution in [0.25, 0.3) is 0 Å². The van der Waals surface area contributed by atoms with Gasteiger partial charge < -0.3 is 14.9 Å². The molecule has 0 spiro atoms. The van der Waals surface area contributed by atoms with Gasteiger partial charge in [0.2, 0.25) is 0 Å². The summed E-state index contributed by atoms with van der Waals surface area (Å²) in [4.78, 5) is 11.6. The number of hydrogen-bond acceptors (Lipinski definition) is 4. The van der Waals surface area contributed by atoms with Crippen molar-refractivity contribution in [2.45, 2.75) is 128 Å². The summed E-state index contributed by atoms with van der Waals surface area (Å²) in [5.41, 5.74) is -0.818. The van der Waals surface area contributed by atoms with Crippen molar-refractivity contribution < 1.29 is 19.7 Å². The second-order valence-electron chi connectivity index (χ2n) is 8.67. The van der Waals surface area contributed by atoms with Crippen LogP contribution in [0.15, 0.2) is 0 Å². The SMILES string of the molecule is CCCCCCCCCCCCCCCCC[C@@]1(C)OC(=O)[C@@H](CO)[C@@H]1O. The highest BCUT2D eigenvalue weighted by Crippen LogP contribution is 2.35. The van der Waals surface area contributed by atoms with Gasteiger partial charge in [-0.2, -0.15) is 0 Å². The maximum absolute atomic E-state index is 11.6. The quantitative estimate of drug-likeness (QED) is 0.255. The number of aliphatic hydroxyl groups is 2. The Kier molecular flexibility index (Phi) is 13.0. The van der Waals surface area contributed by atoms with E-state index in [1.165, 1.54) is 83.5 Å². The molecule has 0 radical (unpaired) electrons. The molecule has 0 amide bonds. The summed E-state index contributed by atoms with van der Waals surface area (Å²) in [6.07, 6.45) is 19.6. The molecule has 0 unspecified atom stereocenters. The van der Waals surface area contributed by atoms with Gasteiger partial charge in [0.25, 0.3) is 0 Å². The van der Waals surface area contributed by atoms with Crippen LogP contribution in [0, 0.1) is 5.92 Å². The Hall–Kier alpha value is -0.610. The van der Waals surface area contributed by atoms with E-state index in [1.54, 1.807) is 6.92 Å². The minimum atomic E-state index is -0.887. The summed E-state index contributed by atoms with van der Waals surface area (Å²) in [6, 6.07) is 0. The van der Waals surface area contributed by atoms with Crippen molar-refractivity contribution in [2.24, 2.45) is 5.92 Å². The minimum Gasteiger partial charge on any atom is -0.456 e. The van der Waals surface area contributed by atoms with Crippen LogP contribution in [0.4, 0.5) is 0 Å². The van der Waals surface area contributed by atoms with Crippen molar-refractivity contribution in [1.29, 1.82) is 0 Å². The number of unbranched alkanes of at least 4 members (excludes halogenated alkanes) is 14. The molecule has 0 saturated carbocycles. The molecule has 3 atom stereocenters. The lowest BCUT2D eigenvalue weighted by Gasteiger charge is -2.27. The Labute approximate surface area is 167 Å². The molecular formula is C23H44O4. The lowest BCUT2D eigenvalue weighted by molar-refractivity contribution is -0.151. The van der Waals surface area contributed by atoms with E-state index in [0.717, 1.165) is 12.8 Å². The monoisotopic (exact) mass is 384 g/mol. The highest BCUT2D eigenvalue weighted by Gasteiger charge is 2.51. The van der Waals surface area contributed by atoms with Crippen LogP contribution in [0.5, 0.6) is 0 Å². The molecule has 4 nitrogen and oxygen atoms in total. The molecule has 160 valence electrons. The smallest absolute Gasteiger partial charge is 0.314 e. The Balaban J connectivity index is 1.89. The van der Waals surface area contributed by atoms with Gasteiger partial charge in [-0.05, 0) is 19.8 Å². The highest BCUT2D eigenvalue weighted by molar-refractivity contribution is 5.76. The molecule has 0 bridgehead atoms. The van der Waals surface area contributed by atoms with Crippen LogP contribution in [0.1, 0.15) is 117 Å². The number of rotatable bonds is 17. The molecule has 0 aromatic rings. The summed E-state index contributed by atoms with van der Waals surface area (Å²) in [7, 11) is 0. The first kappa shape index (κ1) is 24.4. The fourth-order valence-electron chi connectivity index (χ4n) is 4.14. The molecule has 0 aromatic heterocycles. The number of hydrogen-bond donors (Lipinski definition) is 2.